The van der Waals surface area contributed by atoms with Crippen LogP contribution in [0.4, 0.5) is 5.69 Å². The van der Waals surface area contributed by atoms with Gasteiger partial charge in [0.05, 0.1) is 30.8 Å². The molecule has 1 saturated heterocycles. The number of nitrogens with zero attached hydrogens (tertiary/aromatic N) is 3. The Kier molecular flexibility index (Phi) is 5.85. The van der Waals surface area contributed by atoms with Crippen molar-refractivity contribution in [2.24, 2.45) is 0 Å². The summed E-state index contributed by atoms with van der Waals surface area (Å²) < 4.78 is 37.7. The second-order valence-electron chi connectivity index (χ2n) is 6.30. The van der Waals surface area contributed by atoms with Crippen LogP contribution in [0.2, 0.25) is 0 Å². The van der Waals surface area contributed by atoms with E-state index in [1.807, 2.05) is 6.92 Å². The first-order valence-corrected chi connectivity index (χ1v) is 10.3. The highest BCUT2D eigenvalue weighted by molar-refractivity contribution is 7.89. The van der Waals surface area contributed by atoms with Crippen LogP contribution < -0.4 is 14.4 Å². The van der Waals surface area contributed by atoms with Gasteiger partial charge in [-0.15, -0.1) is 0 Å². The molecule has 2 heterocycles. The van der Waals surface area contributed by atoms with Gasteiger partial charge in [-0.05, 0) is 43.7 Å². The molecule has 1 amide bonds. The lowest BCUT2D eigenvalue weighted by Crippen LogP contribution is -2.52. The Balaban J connectivity index is 1.79. The van der Waals surface area contributed by atoms with E-state index in [0.29, 0.717) is 23.9 Å². The summed E-state index contributed by atoms with van der Waals surface area (Å²) in [5.74, 6) is 0.741. The summed E-state index contributed by atoms with van der Waals surface area (Å²) in [5, 5.41) is 0. The van der Waals surface area contributed by atoms with Crippen LogP contribution in [-0.4, -0.2) is 57.0 Å². The average Bonchev–Trinajstić information content (AvgIpc) is 2.69. The van der Waals surface area contributed by atoms with Gasteiger partial charge in [0.25, 0.3) is 0 Å². The maximum atomic E-state index is 13.0. The van der Waals surface area contributed by atoms with E-state index < -0.39 is 10.0 Å². The molecule has 1 aliphatic rings. The summed E-state index contributed by atoms with van der Waals surface area (Å²) in [7, 11) is -2.28. The number of aryl methyl sites for hydroxylation is 1. The number of carbonyl (C=O) groups excluding carboxylic acids is 1. The first kappa shape index (κ1) is 20.1. The van der Waals surface area contributed by atoms with Gasteiger partial charge >= 0.3 is 0 Å². The van der Waals surface area contributed by atoms with Crippen LogP contribution in [0, 0.1) is 6.92 Å². The molecule has 0 bridgehead atoms. The zero-order valence-corrected chi connectivity index (χ0v) is 16.9. The number of sulfonamides is 1. The topological polar surface area (TPSA) is 89.0 Å². The van der Waals surface area contributed by atoms with Crippen molar-refractivity contribution in [3.05, 3.63) is 42.1 Å². The number of pyridine rings is 1. The molecule has 0 radical (unpaired) electrons. The van der Waals surface area contributed by atoms with Gasteiger partial charge in [-0.1, -0.05) is 0 Å². The van der Waals surface area contributed by atoms with Crippen LogP contribution >= 0.6 is 0 Å². The lowest BCUT2D eigenvalue weighted by molar-refractivity contribution is -0.119. The first-order valence-electron chi connectivity index (χ1n) is 8.91. The zero-order chi connectivity index (χ0) is 20.3. The Bertz CT molecular complexity index is 977. The highest BCUT2D eigenvalue weighted by Crippen LogP contribution is 2.26. The Morgan fingerprint density at radius 2 is 1.96 bits per heavy atom. The molecule has 0 saturated carbocycles. The molecule has 2 aromatic rings. The van der Waals surface area contributed by atoms with E-state index in [1.165, 1.54) is 17.5 Å². The summed E-state index contributed by atoms with van der Waals surface area (Å²) in [4.78, 5) is 18.3. The van der Waals surface area contributed by atoms with E-state index in [0.717, 1.165) is 5.56 Å². The predicted molar refractivity (Wildman–Crippen MR) is 104 cm³/mol. The molecule has 0 spiro atoms. The van der Waals surface area contributed by atoms with E-state index >= 15 is 0 Å². The van der Waals surface area contributed by atoms with Gasteiger partial charge in [0, 0.05) is 25.4 Å². The Hall–Kier alpha value is -2.65. The van der Waals surface area contributed by atoms with Crippen molar-refractivity contribution in [1.29, 1.82) is 0 Å². The minimum absolute atomic E-state index is 0.153. The van der Waals surface area contributed by atoms with E-state index in [-0.39, 0.29) is 30.4 Å². The molecule has 28 heavy (non-hydrogen) atoms. The maximum Gasteiger partial charge on any atom is 0.243 e. The van der Waals surface area contributed by atoms with Gasteiger partial charge in [0.2, 0.25) is 21.8 Å². The Morgan fingerprint density at radius 3 is 2.61 bits per heavy atom. The van der Waals surface area contributed by atoms with Crippen molar-refractivity contribution in [1.82, 2.24) is 9.29 Å². The highest BCUT2D eigenvalue weighted by Gasteiger charge is 2.33. The minimum Gasteiger partial charge on any atom is -0.494 e. The number of anilines is 1. The SMILES string of the molecule is CCOc1ccc(S(=O)(=O)N2CCN(c3ccnc(OC)c3)C(=O)C2)cc1C. The minimum atomic E-state index is -3.77. The molecule has 1 fully saturated rings. The summed E-state index contributed by atoms with van der Waals surface area (Å²) in [6.45, 7) is 4.39. The van der Waals surface area contributed by atoms with Crippen molar-refractivity contribution in [3.63, 3.8) is 0 Å². The number of rotatable bonds is 6. The van der Waals surface area contributed by atoms with Crippen molar-refractivity contribution in [2.75, 3.05) is 38.3 Å². The number of aromatic nitrogens is 1. The first-order chi connectivity index (χ1) is 13.4. The highest BCUT2D eigenvalue weighted by atomic mass is 32.2. The van der Waals surface area contributed by atoms with Crippen molar-refractivity contribution in [2.45, 2.75) is 18.7 Å². The molecule has 0 atom stereocenters. The molecule has 8 nitrogen and oxygen atoms in total. The lowest BCUT2D eigenvalue weighted by atomic mass is 10.2. The maximum absolute atomic E-state index is 13.0. The Labute approximate surface area is 164 Å². The predicted octanol–water partition coefficient (Wildman–Crippen LogP) is 1.83. The van der Waals surface area contributed by atoms with Gasteiger partial charge < -0.3 is 14.4 Å². The van der Waals surface area contributed by atoms with Gasteiger partial charge in [0.1, 0.15) is 5.75 Å². The van der Waals surface area contributed by atoms with Gasteiger partial charge in [-0.25, -0.2) is 13.4 Å². The van der Waals surface area contributed by atoms with Crippen LogP contribution in [0.1, 0.15) is 12.5 Å². The van der Waals surface area contributed by atoms with Gasteiger partial charge in [-0.2, -0.15) is 4.31 Å². The zero-order valence-electron chi connectivity index (χ0n) is 16.1. The molecule has 0 aliphatic carbocycles. The fourth-order valence-electron chi connectivity index (χ4n) is 3.06. The standard InChI is InChI=1S/C19H23N3O5S/c1-4-27-17-6-5-16(11-14(17)2)28(24,25)21-9-10-22(19(23)13-21)15-7-8-20-18(12-15)26-3/h5-8,11-12H,4,9-10,13H2,1-3H3. The third-order valence-electron chi connectivity index (χ3n) is 4.51. The summed E-state index contributed by atoms with van der Waals surface area (Å²) >= 11 is 0. The van der Waals surface area contributed by atoms with Gasteiger partial charge in [-0.3, -0.25) is 4.79 Å². The molecular weight excluding hydrogens is 382 g/mol. The number of amides is 1. The number of carbonyl (C=O) groups is 1. The number of benzene rings is 1. The van der Waals surface area contributed by atoms with E-state index in [1.54, 1.807) is 42.3 Å². The number of ether oxygens (including phenoxy) is 2. The monoisotopic (exact) mass is 405 g/mol. The number of piperazine rings is 1. The average molecular weight is 405 g/mol. The molecular formula is C19H23N3O5S. The van der Waals surface area contributed by atoms with Crippen LogP contribution in [0.5, 0.6) is 11.6 Å². The second kappa shape index (κ2) is 8.15. The molecule has 9 heteroatoms. The van der Waals surface area contributed by atoms with E-state index in [9.17, 15) is 13.2 Å². The van der Waals surface area contributed by atoms with Crippen LogP contribution in [0.15, 0.2) is 41.4 Å². The van der Waals surface area contributed by atoms with Crippen molar-refractivity contribution >= 4 is 21.6 Å². The Morgan fingerprint density at radius 1 is 1.18 bits per heavy atom. The smallest absolute Gasteiger partial charge is 0.243 e. The number of hydrogen-bond donors (Lipinski definition) is 0. The van der Waals surface area contributed by atoms with E-state index in [2.05, 4.69) is 4.98 Å². The summed E-state index contributed by atoms with van der Waals surface area (Å²) in [6.07, 6.45) is 1.55. The van der Waals surface area contributed by atoms with Gasteiger partial charge in [0.15, 0.2) is 0 Å². The molecule has 3 rings (SSSR count). The quantitative estimate of drug-likeness (QED) is 0.729. The summed E-state index contributed by atoms with van der Waals surface area (Å²) in [6, 6.07) is 8.08. The lowest BCUT2D eigenvalue weighted by Gasteiger charge is -2.33. The fraction of sp³-hybridized carbons (Fsp3) is 0.368. The van der Waals surface area contributed by atoms with Crippen LogP contribution in [0.3, 0.4) is 0 Å². The molecule has 150 valence electrons. The summed E-state index contributed by atoms with van der Waals surface area (Å²) in [5.41, 5.74) is 1.36. The molecule has 1 aromatic heterocycles. The molecule has 0 N–H and O–H groups in total. The number of methoxy groups -OCH3 is 1. The normalized spacial score (nSPS) is 15.5. The second-order valence-corrected chi connectivity index (χ2v) is 8.24. The fourth-order valence-corrected chi connectivity index (χ4v) is 4.52. The molecule has 0 unspecified atom stereocenters. The van der Waals surface area contributed by atoms with Crippen molar-refractivity contribution in [3.8, 4) is 11.6 Å². The van der Waals surface area contributed by atoms with Crippen LogP contribution in [0.25, 0.3) is 0 Å². The number of hydrogen-bond acceptors (Lipinski definition) is 6. The third-order valence-corrected chi connectivity index (χ3v) is 6.35. The van der Waals surface area contributed by atoms with Crippen molar-refractivity contribution < 1.29 is 22.7 Å². The third kappa shape index (κ3) is 3.95. The largest absolute Gasteiger partial charge is 0.494 e. The van der Waals surface area contributed by atoms with E-state index in [4.69, 9.17) is 9.47 Å². The molecule has 1 aliphatic heterocycles. The van der Waals surface area contributed by atoms with Crippen LogP contribution in [-0.2, 0) is 14.8 Å². The molecule has 1 aromatic carbocycles.